The fourth-order valence-corrected chi connectivity index (χ4v) is 5.49. The van der Waals surface area contributed by atoms with Gasteiger partial charge in [0, 0.05) is 19.6 Å². The van der Waals surface area contributed by atoms with Crippen LogP contribution < -0.4 is 4.31 Å². The molecule has 1 atom stereocenters. The normalized spacial score (nSPS) is 18.6. The predicted molar refractivity (Wildman–Crippen MR) is 113 cm³/mol. The number of hydrogen-bond acceptors (Lipinski definition) is 5. The van der Waals surface area contributed by atoms with Gasteiger partial charge in [-0.05, 0) is 49.1 Å². The molecule has 7 nitrogen and oxygen atoms in total. The smallest absolute Gasteiger partial charge is 0.338 e. The summed E-state index contributed by atoms with van der Waals surface area (Å²) in [6.45, 7) is 3.04. The number of esters is 1. The number of nitrogens with zero attached hydrogens (tertiary/aromatic N) is 2. The highest BCUT2D eigenvalue weighted by Gasteiger charge is 2.30. The van der Waals surface area contributed by atoms with Gasteiger partial charge >= 0.3 is 5.97 Å². The summed E-state index contributed by atoms with van der Waals surface area (Å²) in [7, 11) is -3.34. The van der Waals surface area contributed by atoms with Gasteiger partial charge in [0.05, 0.1) is 17.0 Å². The Labute approximate surface area is 176 Å². The molecule has 0 unspecified atom stereocenters. The Balaban J connectivity index is 1.43. The van der Waals surface area contributed by atoms with Crippen LogP contribution in [-0.4, -0.2) is 50.1 Å². The van der Waals surface area contributed by atoms with Gasteiger partial charge in [-0.15, -0.1) is 0 Å². The van der Waals surface area contributed by atoms with Crippen LogP contribution in [0.15, 0.2) is 48.5 Å². The minimum atomic E-state index is -3.34. The molecule has 0 aromatic heterocycles. The van der Waals surface area contributed by atoms with E-state index in [1.165, 1.54) is 15.9 Å². The molecule has 1 fully saturated rings. The van der Waals surface area contributed by atoms with E-state index in [1.54, 1.807) is 30.0 Å². The van der Waals surface area contributed by atoms with Crippen LogP contribution in [0.1, 0.15) is 34.8 Å². The Hall–Kier alpha value is -2.87. The van der Waals surface area contributed by atoms with Gasteiger partial charge in [0.15, 0.2) is 6.10 Å². The second-order valence-electron chi connectivity index (χ2n) is 7.62. The molecule has 2 heterocycles. The van der Waals surface area contributed by atoms with Crippen LogP contribution in [0.25, 0.3) is 0 Å². The molecule has 4 rings (SSSR count). The molecule has 2 aliphatic rings. The van der Waals surface area contributed by atoms with Crippen molar-refractivity contribution in [2.45, 2.75) is 32.4 Å². The van der Waals surface area contributed by atoms with E-state index in [-0.39, 0.29) is 17.2 Å². The lowest BCUT2D eigenvalue weighted by atomic mass is 9.99. The van der Waals surface area contributed by atoms with Gasteiger partial charge in [-0.2, -0.15) is 0 Å². The minimum Gasteiger partial charge on any atom is -0.449 e. The monoisotopic (exact) mass is 428 g/mol. The number of anilines is 1. The van der Waals surface area contributed by atoms with Gasteiger partial charge in [0.1, 0.15) is 0 Å². The van der Waals surface area contributed by atoms with Gasteiger partial charge in [0.2, 0.25) is 10.0 Å². The third-order valence-electron chi connectivity index (χ3n) is 5.54. The van der Waals surface area contributed by atoms with Crippen molar-refractivity contribution < 1.29 is 22.7 Å². The Morgan fingerprint density at radius 2 is 1.80 bits per heavy atom. The summed E-state index contributed by atoms with van der Waals surface area (Å²) in [6.07, 6.45) is 0.401. The van der Waals surface area contributed by atoms with E-state index in [2.05, 4.69) is 6.07 Å². The zero-order chi connectivity index (χ0) is 21.3. The van der Waals surface area contributed by atoms with Crippen molar-refractivity contribution >= 4 is 27.6 Å². The van der Waals surface area contributed by atoms with E-state index >= 15 is 0 Å². The molecular formula is C22H24N2O5S. The largest absolute Gasteiger partial charge is 0.449 e. The third-order valence-corrected chi connectivity index (χ3v) is 7.41. The van der Waals surface area contributed by atoms with Crippen LogP contribution in [0, 0.1) is 0 Å². The summed E-state index contributed by atoms with van der Waals surface area (Å²) in [5.74, 6) is -0.783. The highest BCUT2D eigenvalue weighted by Crippen LogP contribution is 2.25. The fourth-order valence-electron chi connectivity index (χ4n) is 3.94. The van der Waals surface area contributed by atoms with E-state index in [0.717, 1.165) is 12.0 Å². The van der Waals surface area contributed by atoms with Gasteiger partial charge in [-0.25, -0.2) is 13.2 Å². The minimum absolute atomic E-state index is 0.103. The molecule has 158 valence electrons. The van der Waals surface area contributed by atoms with Crippen molar-refractivity contribution in [3.8, 4) is 0 Å². The van der Waals surface area contributed by atoms with Gasteiger partial charge in [-0.3, -0.25) is 9.10 Å². The fraction of sp³-hybridized carbons (Fsp3) is 0.364. The van der Waals surface area contributed by atoms with Crippen LogP contribution in [-0.2, 0) is 32.5 Å². The molecule has 1 amide bonds. The number of ether oxygens (including phenoxy) is 1. The first kappa shape index (κ1) is 20.4. The number of carbonyl (C=O) groups is 2. The van der Waals surface area contributed by atoms with Crippen molar-refractivity contribution in [1.29, 1.82) is 0 Å². The molecule has 0 spiro atoms. The standard InChI is InChI=1S/C22H24N2O5S/c1-16(21(25)23-12-10-17-6-2-3-7-19(17)15-23)29-22(26)18-8-4-9-20(14-18)24-11-5-13-30(24,27)28/h2-4,6-9,14,16H,5,10-13,15H2,1H3/t16-/m0/s1. The summed E-state index contributed by atoms with van der Waals surface area (Å²) in [4.78, 5) is 27.1. The highest BCUT2D eigenvalue weighted by atomic mass is 32.2. The number of benzene rings is 2. The van der Waals surface area contributed by atoms with Crippen molar-refractivity contribution in [3.05, 3.63) is 65.2 Å². The summed E-state index contributed by atoms with van der Waals surface area (Å²) in [6, 6.07) is 14.3. The average Bonchev–Trinajstić information content (AvgIpc) is 3.11. The second-order valence-corrected chi connectivity index (χ2v) is 9.63. The third kappa shape index (κ3) is 4.05. The summed E-state index contributed by atoms with van der Waals surface area (Å²) >= 11 is 0. The Morgan fingerprint density at radius 1 is 1.03 bits per heavy atom. The Morgan fingerprint density at radius 3 is 2.53 bits per heavy atom. The van der Waals surface area contributed by atoms with Crippen molar-refractivity contribution in [2.24, 2.45) is 0 Å². The molecule has 0 N–H and O–H groups in total. The lowest BCUT2D eigenvalue weighted by Crippen LogP contribution is -2.42. The molecule has 8 heteroatoms. The second kappa shape index (κ2) is 8.10. The Kier molecular flexibility index (Phi) is 5.51. The van der Waals surface area contributed by atoms with E-state index in [4.69, 9.17) is 4.74 Å². The highest BCUT2D eigenvalue weighted by molar-refractivity contribution is 7.93. The predicted octanol–water partition coefficient (Wildman–Crippen LogP) is 2.36. The number of hydrogen-bond donors (Lipinski definition) is 0. The molecule has 0 aliphatic carbocycles. The topological polar surface area (TPSA) is 84.0 Å². The molecule has 0 radical (unpaired) electrons. The number of carbonyl (C=O) groups excluding carboxylic acids is 2. The SMILES string of the molecule is C[C@H](OC(=O)c1cccc(N2CCCS2(=O)=O)c1)C(=O)N1CCc2ccccc2C1. The molecule has 2 aliphatic heterocycles. The quantitative estimate of drug-likeness (QED) is 0.698. The van der Waals surface area contributed by atoms with E-state index in [0.29, 0.717) is 31.7 Å². The number of sulfonamides is 1. The van der Waals surface area contributed by atoms with Crippen LogP contribution in [0.5, 0.6) is 0 Å². The first-order chi connectivity index (χ1) is 14.3. The van der Waals surface area contributed by atoms with Crippen LogP contribution in [0.3, 0.4) is 0 Å². The van der Waals surface area contributed by atoms with Crippen molar-refractivity contribution in [1.82, 2.24) is 4.90 Å². The number of rotatable bonds is 4. The summed E-state index contributed by atoms with van der Waals surface area (Å²) < 4.78 is 31.0. The van der Waals surface area contributed by atoms with Crippen LogP contribution in [0.2, 0.25) is 0 Å². The molecule has 30 heavy (non-hydrogen) atoms. The lowest BCUT2D eigenvalue weighted by molar-refractivity contribution is -0.140. The van der Waals surface area contributed by atoms with Gasteiger partial charge in [-0.1, -0.05) is 30.3 Å². The maximum atomic E-state index is 12.8. The van der Waals surface area contributed by atoms with Gasteiger partial charge in [0.25, 0.3) is 5.91 Å². The molecule has 2 aromatic rings. The maximum Gasteiger partial charge on any atom is 0.338 e. The zero-order valence-corrected chi connectivity index (χ0v) is 17.6. The Bertz CT molecular complexity index is 1080. The molecule has 1 saturated heterocycles. The lowest BCUT2D eigenvalue weighted by Gasteiger charge is -2.30. The molecular weight excluding hydrogens is 404 g/mol. The number of amides is 1. The van der Waals surface area contributed by atoms with Crippen LogP contribution >= 0.6 is 0 Å². The average molecular weight is 429 g/mol. The van der Waals surface area contributed by atoms with E-state index in [1.807, 2.05) is 18.2 Å². The zero-order valence-electron chi connectivity index (χ0n) is 16.8. The summed E-state index contributed by atoms with van der Waals surface area (Å²) in [5, 5.41) is 0. The number of fused-ring (bicyclic) bond motifs is 1. The van der Waals surface area contributed by atoms with E-state index in [9.17, 15) is 18.0 Å². The van der Waals surface area contributed by atoms with E-state index < -0.39 is 22.1 Å². The van der Waals surface area contributed by atoms with Crippen molar-refractivity contribution in [2.75, 3.05) is 23.1 Å². The van der Waals surface area contributed by atoms with Gasteiger partial charge < -0.3 is 9.64 Å². The molecule has 2 aromatic carbocycles. The molecule has 0 saturated carbocycles. The summed E-state index contributed by atoms with van der Waals surface area (Å²) in [5.41, 5.74) is 3.00. The first-order valence-electron chi connectivity index (χ1n) is 10.0. The first-order valence-corrected chi connectivity index (χ1v) is 11.6. The maximum absolute atomic E-state index is 12.8. The van der Waals surface area contributed by atoms with Crippen LogP contribution in [0.4, 0.5) is 5.69 Å². The molecule has 0 bridgehead atoms. The van der Waals surface area contributed by atoms with Crippen molar-refractivity contribution in [3.63, 3.8) is 0 Å².